The first-order valence-electron chi connectivity index (χ1n) is 1.80. The fraction of sp³-hybridized carbons (Fsp3) is 0. The van der Waals surface area contributed by atoms with Crippen molar-refractivity contribution in [3.63, 3.8) is 0 Å². The van der Waals surface area contributed by atoms with E-state index in [0.717, 1.165) is 0 Å². The SMILES string of the molecule is N#[C][Ni](=[O])([OH])([C]#N)([C]#N)[C]#N. The van der Waals surface area contributed by atoms with Gasteiger partial charge in [-0.1, -0.05) is 0 Å². The molecule has 0 aromatic heterocycles. The van der Waals surface area contributed by atoms with Crippen molar-refractivity contribution in [2.45, 2.75) is 0 Å². The number of hydrogen-bond acceptors (Lipinski definition) is 5. The number of hydrogen-bond donors (Lipinski definition) is 1. The monoisotopic (exact) mass is 195 g/mol. The topological polar surface area (TPSA) is 132 Å². The van der Waals surface area contributed by atoms with Crippen LogP contribution in [0.3, 0.4) is 0 Å². The Kier molecular flexibility index (Phi) is 1.21. The molecule has 7 heteroatoms. The summed E-state index contributed by atoms with van der Waals surface area (Å²) >= 11 is 0. The van der Waals surface area contributed by atoms with Gasteiger partial charge in [0, 0.05) is 0 Å². The standard InChI is InChI=1S/4CN.Ni.H2O.O/c4*1-2;;;/h;;;;;1H2;/q;;;;+1;;/p-1. The van der Waals surface area contributed by atoms with Crippen molar-refractivity contribution in [1.82, 2.24) is 0 Å². The molecule has 0 aromatic carbocycles. The molecule has 0 aliphatic carbocycles. The van der Waals surface area contributed by atoms with Crippen LogP contribution in [0.25, 0.3) is 0 Å². The number of nitrogens with zero attached hydrogens (tertiary/aromatic N) is 4. The summed E-state index contributed by atoms with van der Waals surface area (Å²) in [4.78, 5) is 0. The van der Waals surface area contributed by atoms with Gasteiger partial charge in [0.05, 0.1) is 0 Å². The third-order valence-electron chi connectivity index (χ3n) is 0.666. The Morgan fingerprint density at radius 2 is 1.09 bits per heavy atom. The predicted octanol–water partition coefficient (Wildman–Crippen LogP) is -0.611. The summed E-state index contributed by atoms with van der Waals surface area (Å²) in [6, 6.07) is 0. The molecule has 6 nitrogen and oxygen atoms in total. The normalized spacial score (nSPS) is 15.4. The Morgan fingerprint density at radius 1 is 0.909 bits per heavy atom. The van der Waals surface area contributed by atoms with Crippen molar-refractivity contribution < 1.29 is 18.7 Å². The Hall–Kier alpha value is -1.79. The molecule has 0 saturated heterocycles. The fourth-order valence-electron chi connectivity index (χ4n) is 0.0949. The molecule has 1 N–H and O–H groups in total. The predicted molar refractivity (Wildman–Crippen MR) is 25.4 cm³/mol. The molecule has 0 bridgehead atoms. The third-order valence-corrected chi connectivity index (χ3v) is 2.75. The molecule has 59 valence electrons. The first-order chi connectivity index (χ1) is 4.80. The zero-order valence-electron chi connectivity index (χ0n) is 4.96. The fourth-order valence-corrected chi connectivity index (χ4v) is 0.391. The van der Waals surface area contributed by atoms with Gasteiger partial charge in [-0.25, -0.2) is 0 Å². The molecule has 0 spiro atoms. The molecule has 0 saturated carbocycles. The van der Waals surface area contributed by atoms with Gasteiger partial charge < -0.3 is 0 Å². The van der Waals surface area contributed by atoms with Crippen molar-refractivity contribution in [1.29, 1.82) is 21.0 Å². The second-order valence-corrected chi connectivity index (χ2v) is 5.59. The Balaban J connectivity index is 6.41. The molecule has 0 aromatic rings. The molecule has 0 heterocycles. The van der Waals surface area contributed by atoms with Gasteiger partial charge in [-0.3, -0.25) is 0 Å². The van der Waals surface area contributed by atoms with Gasteiger partial charge in [0.15, 0.2) is 0 Å². The van der Waals surface area contributed by atoms with E-state index in [4.69, 9.17) is 25.3 Å². The minimum atomic E-state index is -6.70. The first-order valence-corrected chi connectivity index (χ1v) is 4.62. The van der Waals surface area contributed by atoms with Crippen LogP contribution in [-0.4, -0.2) is 4.25 Å². The maximum absolute atomic E-state index is 11.0. The van der Waals surface area contributed by atoms with Gasteiger partial charge in [-0.2, -0.15) is 0 Å². The van der Waals surface area contributed by atoms with E-state index in [1.165, 1.54) is 0 Å². The van der Waals surface area contributed by atoms with Crippen LogP contribution in [0, 0.1) is 41.2 Å². The Morgan fingerprint density at radius 3 is 1.09 bits per heavy atom. The summed E-state index contributed by atoms with van der Waals surface area (Å²) in [5.74, 6) is 0. The van der Waals surface area contributed by atoms with Crippen LogP contribution < -0.4 is 0 Å². The second-order valence-electron chi connectivity index (χ2n) is 1.36. The van der Waals surface area contributed by atoms with E-state index in [1.807, 2.05) is 0 Å². The summed E-state index contributed by atoms with van der Waals surface area (Å²) in [6.07, 6.45) is 0. The van der Waals surface area contributed by atoms with E-state index >= 15 is 0 Å². The van der Waals surface area contributed by atoms with Crippen LogP contribution in [0.4, 0.5) is 0 Å². The van der Waals surface area contributed by atoms with Gasteiger partial charge in [0.25, 0.3) is 0 Å². The van der Waals surface area contributed by atoms with E-state index < -0.39 is 10.6 Å². The van der Waals surface area contributed by atoms with E-state index in [9.17, 15) is 3.90 Å². The Labute approximate surface area is 60.6 Å². The molecule has 11 heavy (non-hydrogen) atoms. The zero-order chi connectivity index (χ0) is 9.24. The Bertz CT molecular complexity index is 379. The maximum atomic E-state index is 11.0. The summed E-state index contributed by atoms with van der Waals surface area (Å²) in [5.41, 5.74) is 0. The molecule has 0 radical (unpaired) electrons. The van der Waals surface area contributed by atoms with E-state index in [1.54, 1.807) is 0 Å². The van der Waals surface area contributed by atoms with Gasteiger partial charge in [-0.15, -0.1) is 0 Å². The van der Waals surface area contributed by atoms with Crippen LogP contribution in [-0.2, 0) is 14.5 Å². The zero-order valence-corrected chi connectivity index (χ0v) is 5.95. The van der Waals surface area contributed by atoms with Gasteiger partial charge in [-0.05, 0) is 0 Å². The summed E-state index contributed by atoms with van der Waals surface area (Å²) < 4.78 is 19.8. The second kappa shape index (κ2) is 1.44. The summed E-state index contributed by atoms with van der Waals surface area (Å²) in [7, 11) is -6.70. The molecular formula is C4HN4NiO2. The molecule has 0 aliphatic heterocycles. The van der Waals surface area contributed by atoms with Crippen molar-refractivity contribution in [2.24, 2.45) is 0 Å². The third kappa shape index (κ3) is 0.956. The van der Waals surface area contributed by atoms with Crippen molar-refractivity contribution in [3.8, 4) is 20.2 Å². The van der Waals surface area contributed by atoms with Crippen molar-refractivity contribution in [2.75, 3.05) is 0 Å². The molecular weight excluding hydrogens is 195 g/mol. The molecule has 0 fully saturated rings. The van der Waals surface area contributed by atoms with Gasteiger partial charge in [0.2, 0.25) is 0 Å². The van der Waals surface area contributed by atoms with Gasteiger partial charge in [0.1, 0.15) is 0 Å². The molecule has 0 unspecified atom stereocenters. The van der Waals surface area contributed by atoms with Crippen LogP contribution in [0.15, 0.2) is 0 Å². The first kappa shape index (κ1) is 9.21. The van der Waals surface area contributed by atoms with Crippen LogP contribution in [0.5, 0.6) is 0 Å². The summed E-state index contributed by atoms with van der Waals surface area (Å²) in [6.45, 7) is 0. The van der Waals surface area contributed by atoms with E-state index in [-0.39, 0.29) is 0 Å². The minimum absolute atomic E-state index is 0.559. The number of rotatable bonds is 0. The van der Waals surface area contributed by atoms with Crippen molar-refractivity contribution in [3.05, 3.63) is 0 Å². The molecule has 0 aliphatic rings. The summed E-state index contributed by atoms with van der Waals surface area (Å²) in [5, 5.41) is 34.5. The van der Waals surface area contributed by atoms with Crippen molar-refractivity contribution >= 4 is 0 Å². The number of nitriles is 4. The van der Waals surface area contributed by atoms with Crippen LogP contribution >= 0.6 is 0 Å². The molecule has 0 rings (SSSR count). The van der Waals surface area contributed by atoms with E-state index in [2.05, 4.69) is 0 Å². The average molecular weight is 196 g/mol. The molecule has 0 atom stereocenters. The van der Waals surface area contributed by atoms with Crippen LogP contribution in [0.1, 0.15) is 0 Å². The van der Waals surface area contributed by atoms with E-state index in [0.29, 0.717) is 20.2 Å². The van der Waals surface area contributed by atoms with Crippen LogP contribution in [0.2, 0.25) is 0 Å². The molecule has 0 amide bonds. The quantitative estimate of drug-likeness (QED) is 0.513. The van der Waals surface area contributed by atoms with Gasteiger partial charge >= 0.3 is 59.9 Å². The average Bonchev–Trinajstić information content (AvgIpc) is 2.07.